The maximum absolute atomic E-state index is 10.8. The lowest BCUT2D eigenvalue weighted by Gasteiger charge is -2.31. The molecule has 0 amide bonds. The van der Waals surface area contributed by atoms with Gasteiger partial charge < -0.3 is 4.79 Å². The summed E-state index contributed by atoms with van der Waals surface area (Å²) in [6.45, 7) is 11.9. The van der Waals surface area contributed by atoms with E-state index >= 15 is 0 Å². The van der Waals surface area contributed by atoms with Crippen LogP contribution in [0.2, 0.25) is 0 Å². The molecule has 1 aliphatic carbocycles. The molecule has 0 spiro atoms. The van der Waals surface area contributed by atoms with Crippen molar-refractivity contribution in [1.29, 1.82) is 0 Å². The van der Waals surface area contributed by atoms with Gasteiger partial charge in [-0.25, -0.2) is 0 Å². The highest BCUT2D eigenvalue weighted by Gasteiger charge is 2.28. The molecule has 0 N–H and O–H groups in total. The molecule has 0 aromatic rings. The van der Waals surface area contributed by atoms with Crippen molar-refractivity contribution >= 4 is 6.29 Å². The molecule has 1 aliphatic rings. The van der Waals surface area contributed by atoms with Crippen LogP contribution in [0.15, 0.2) is 36.5 Å². The summed E-state index contributed by atoms with van der Waals surface area (Å²) in [5.41, 5.74) is 2.11. The zero-order valence-corrected chi connectivity index (χ0v) is 8.34. The second-order valence-corrected chi connectivity index (χ2v) is 4.29. The minimum atomic E-state index is -0.134. The standard InChI is InChI=1S/C12H16O/c1-5-10-7-12(3,4)6-9(2)11(10)8-13/h5,7-8,11H,1-2,6H2,3-4H3. The van der Waals surface area contributed by atoms with Gasteiger partial charge in [0.25, 0.3) is 0 Å². The van der Waals surface area contributed by atoms with Gasteiger partial charge in [0.05, 0.1) is 5.92 Å². The third-order valence-electron chi connectivity index (χ3n) is 2.41. The topological polar surface area (TPSA) is 17.1 Å². The van der Waals surface area contributed by atoms with E-state index in [1.54, 1.807) is 6.08 Å². The van der Waals surface area contributed by atoms with Crippen molar-refractivity contribution in [2.45, 2.75) is 20.3 Å². The van der Waals surface area contributed by atoms with Crippen molar-refractivity contribution < 1.29 is 4.79 Å². The Labute approximate surface area is 79.8 Å². The Hall–Kier alpha value is -1.11. The second-order valence-electron chi connectivity index (χ2n) is 4.29. The Morgan fingerprint density at radius 1 is 1.62 bits per heavy atom. The summed E-state index contributed by atoms with van der Waals surface area (Å²) in [4.78, 5) is 10.8. The summed E-state index contributed by atoms with van der Waals surface area (Å²) in [7, 11) is 0. The lowest BCUT2D eigenvalue weighted by Crippen LogP contribution is -2.22. The van der Waals surface area contributed by atoms with E-state index in [1.807, 2.05) is 0 Å². The number of allylic oxidation sites excluding steroid dienone is 4. The van der Waals surface area contributed by atoms with Gasteiger partial charge in [-0.05, 0) is 17.4 Å². The molecule has 1 heteroatoms. The fourth-order valence-electron chi connectivity index (χ4n) is 1.88. The van der Waals surface area contributed by atoms with Crippen molar-refractivity contribution in [3.63, 3.8) is 0 Å². The predicted molar refractivity (Wildman–Crippen MR) is 55.4 cm³/mol. The quantitative estimate of drug-likeness (QED) is 0.467. The number of rotatable bonds is 2. The molecular formula is C12H16O. The zero-order valence-electron chi connectivity index (χ0n) is 8.34. The normalized spacial score (nSPS) is 26.5. The van der Waals surface area contributed by atoms with Gasteiger partial charge in [-0.15, -0.1) is 0 Å². The van der Waals surface area contributed by atoms with Crippen LogP contribution in [0.5, 0.6) is 0 Å². The van der Waals surface area contributed by atoms with E-state index in [9.17, 15) is 4.79 Å². The van der Waals surface area contributed by atoms with E-state index in [2.05, 4.69) is 33.1 Å². The van der Waals surface area contributed by atoms with E-state index in [4.69, 9.17) is 0 Å². The SMILES string of the molecule is C=CC1=CC(C)(C)CC(=C)C1C=O. The predicted octanol–water partition coefficient (Wildman–Crippen LogP) is 2.90. The molecule has 0 radical (unpaired) electrons. The summed E-state index contributed by atoms with van der Waals surface area (Å²) in [5, 5.41) is 0. The Morgan fingerprint density at radius 2 is 2.23 bits per heavy atom. The Morgan fingerprint density at radius 3 is 2.69 bits per heavy atom. The molecule has 0 saturated carbocycles. The first-order chi connectivity index (χ1) is 6.00. The van der Waals surface area contributed by atoms with Crippen LogP contribution in [0.25, 0.3) is 0 Å². The summed E-state index contributed by atoms with van der Waals surface area (Å²) >= 11 is 0. The first-order valence-corrected chi connectivity index (χ1v) is 4.48. The van der Waals surface area contributed by atoms with Gasteiger partial charge in [-0.2, -0.15) is 0 Å². The van der Waals surface area contributed by atoms with Gasteiger partial charge in [0, 0.05) is 0 Å². The van der Waals surface area contributed by atoms with Crippen LogP contribution in [0.3, 0.4) is 0 Å². The largest absolute Gasteiger partial charge is 0.302 e. The molecule has 13 heavy (non-hydrogen) atoms. The molecule has 0 bridgehead atoms. The van der Waals surface area contributed by atoms with Crippen molar-refractivity contribution in [1.82, 2.24) is 0 Å². The van der Waals surface area contributed by atoms with Crippen molar-refractivity contribution in [2.75, 3.05) is 0 Å². The van der Waals surface area contributed by atoms with Crippen LogP contribution in [0.1, 0.15) is 20.3 Å². The molecule has 1 nitrogen and oxygen atoms in total. The Bertz CT molecular complexity index is 281. The van der Waals surface area contributed by atoms with Crippen molar-refractivity contribution in [3.8, 4) is 0 Å². The molecule has 1 unspecified atom stereocenters. The van der Waals surface area contributed by atoms with Gasteiger partial charge in [-0.3, -0.25) is 0 Å². The molecule has 0 aromatic carbocycles. The molecule has 0 aromatic heterocycles. The number of hydrogen-bond donors (Lipinski definition) is 0. The average Bonchev–Trinajstić information content (AvgIpc) is 2.01. The summed E-state index contributed by atoms with van der Waals surface area (Å²) < 4.78 is 0. The van der Waals surface area contributed by atoms with Gasteiger partial charge >= 0.3 is 0 Å². The fraction of sp³-hybridized carbons (Fsp3) is 0.417. The third-order valence-corrected chi connectivity index (χ3v) is 2.41. The van der Waals surface area contributed by atoms with Crippen LogP contribution >= 0.6 is 0 Å². The van der Waals surface area contributed by atoms with Crippen LogP contribution in [0.4, 0.5) is 0 Å². The Kier molecular flexibility index (Phi) is 2.55. The lowest BCUT2D eigenvalue weighted by atomic mass is 9.72. The summed E-state index contributed by atoms with van der Waals surface area (Å²) in [5.74, 6) is -0.134. The molecular weight excluding hydrogens is 160 g/mol. The van der Waals surface area contributed by atoms with Crippen molar-refractivity contribution in [3.05, 3.63) is 36.5 Å². The maximum atomic E-state index is 10.8. The van der Waals surface area contributed by atoms with Crippen LogP contribution in [-0.2, 0) is 4.79 Å². The summed E-state index contributed by atoms with van der Waals surface area (Å²) in [6, 6.07) is 0. The average molecular weight is 176 g/mol. The number of hydrogen-bond acceptors (Lipinski definition) is 1. The minimum Gasteiger partial charge on any atom is -0.302 e. The monoisotopic (exact) mass is 176 g/mol. The van der Waals surface area contributed by atoms with E-state index in [0.29, 0.717) is 0 Å². The van der Waals surface area contributed by atoms with Gasteiger partial charge in [-0.1, -0.05) is 44.7 Å². The smallest absolute Gasteiger partial charge is 0.131 e. The van der Waals surface area contributed by atoms with E-state index in [1.165, 1.54) is 0 Å². The number of carbonyl (C=O) groups excluding carboxylic acids is 1. The van der Waals surface area contributed by atoms with E-state index in [0.717, 1.165) is 23.9 Å². The van der Waals surface area contributed by atoms with E-state index in [-0.39, 0.29) is 11.3 Å². The first kappa shape index (κ1) is 9.97. The highest BCUT2D eigenvalue weighted by Crippen LogP contribution is 2.38. The van der Waals surface area contributed by atoms with Crippen LogP contribution < -0.4 is 0 Å². The minimum absolute atomic E-state index is 0.111. The highest BCUT2D eigenvalue weighted by molar-refractivity contribution is 5.66. The Balaban J connectivity index is 3.10. The molecule has 70 valence electrons. The fourth-order valence-corrected chi connectivity index (χ4v) is 1.88. The molecule has 1 rings (SSSR count). The third kappa shape index (κ3) is 1.97. The molecule has 0 heterocycles. The second kappa shape index (κ2) is 3.33. The number of carbonyl (C=O) groups is 1. The van der Waals surface area contributed by atoms with Crippen LogP contribution in [0, 0.1) is 11.3 Å². The zero-order chi connectivity index (χ0) is 10.1. The highest BCUT2D eigenvalue weighted by atomic mass is 16.1. The van der Waals surface area contributed by atoms with E-state index < -0.39 is 0 Å². The van der Waals surface area contributed by atoms with Crippen molar-refractivity contribution in [2.24, 2.45) is 11.3 Å². The molecule has 0 fully saturated rings. The van der Waals surface area contributed by atoms with Gasteiger partial charge in [0.15, 0.2) is 0 Å². The summed E-state index contributed by atoms with van der Waals surface area (Å²) in [6.07, 6.45) is 5.71. The van der Waals surface area contributed by atoms with Gasteiger partial charge in [0.1, 0.15) is 6.29 Å². The van der Waals surface area contributed by atoms with Gasteiger partial charge in [0.2, 0.25) is 0 Å². The molecule has 0 saturated heterocycles. The van der Waals surface area contributed by atoms with Crippen LogP contribution in [-0.4, -0.2) is 6.29 Å². The number of aldehydes is 1. The maximum Gasteiger partial charge on any atom is 0.131 e. The molecule has 0 aliphatic heterocycles. The lowest BCUT2D eigenvalue weighted by molar-refractivity contribution is -0.109. The first-order valence-electron chi connectivity index (χ1n) is 4.48. The molecule has 1 atom stereocenters.